The van der Waals surface area contributed by atoms with Gasteiger partial charge in [-0.3, -0.25) is 9.80 Å². The minimum absolute atomic E-state index is 0.242. The van der Waals surface area contributed by atoms with Crippen LogP contribution in [0.2, 0.25) is 0 Å². The third kappa shape index (κ3) is 2.53. The largest absolute Gasteiger partial charge is 0.329 e. The van der Waals surface area contributed by atoms with Crippen LogP contribution in [0.3, 0.4) is 0 Å². The second-order valence-electron chi connectivity index (χ2n) is 8.06. The van der Waals surface area contributed by atoms with Gasteiger partial charge in [0, 0.05) is 37.8 Å². The van der Waals surface area contributed by atoms with E-state index in [0.29, 0.717) is 6.04 Å². The Morgan fingerprint density at radius 1 is 1.30 bits per heavy atom. The van der Waals surface area contributed by atoms with Crippen LogP contribution in [-0.4, -0.2) is 54.6 Å². The Balaban J connectivity index is 1.61. The van der Waals surface area contributed by atoms with Crippen LogP contribution >= 0.6 is 0 Å². The van der Waals surface area contributed by atoms with Crippen molar-refractivity contribution < 1.29 is 0 Å². The fourth-order valence-electron chi connectivity index (χ4n) is 5.11. The highest BCUT2D eigenvalue weighted by Gasteiger charge is 2.45. The quantitative estimate of drug-likeness (QED) is 0.837. The molecule has 0 radical (unpaired) electrons. The summed E-state index contributed by atoms with van der Waals surface area (Å²) in [6.45, 7) is 9.09. The molecule has 0 aromatic carbocycles. The van der Waals surface area contributed by atoms with Crippen LogP contribution in [0.15, 0.2) is 0 Å². The summed E-state index contributed by atoms with van der Waals surface area (Å²) >= 11 is 0. The van der Waals surface area contributed by atoms with E-state index in [1.165, 1.54) is 51.7 Å². The highest BCUT2D eigenvalue weighted by molar-refractivity contribution is 5.01. The Morgan fingerprint density at radius 2 is 2.10 bits per heavy atom. The summed E-state index contributed by atoms with van der Waals surface area (Å²) in [5.74, 6) is 3.04. The number of hydrogen-bond donors (Lipinski definition) is 1. The Hall–Kier alpha value is -0.120. The van der Waals surface area contributed by atoms with Crippen molar-refractivity contribution in [3.8, 4) is 0 Å². The SMILES string of the molecule is CC(C)N1CCC(CN)(N(C)CC2CC3CCC2C3)C1. The van der Waals surface area contributed by atoms with Gasteiger partial charge in [-0.15, -0.1) is 0 Å². The number of likely N-dealkylation sites (tertiary alicyclic amines) is 1. The van der Waals surface area contributed by atoms with Gasteiger partial charge in [-0.1, -0.05) is 6.42 Å². The van der Waals surface area contributed by atoms with E-state index in [9.17, 15) is 0 Å². The molecule has 0 aromatic rings. The molecular weight excluding hydrogens is 246 g/mol. The summed E-state index contributed by atoms with van der Waals surface area (Å²) < 4.78 is 0. The smallest absolute Gasteiger partial charge is 0.0467 e. The molecule has 3 nitrogen and oxygen atoms in total. The molecule has 0 amide bonds. The molecule has 1 heterocycles. The molecule has 0 spiro atoms. The van der Waals surface area contributed by atoms with Crippen LogP contribution in [0, 0.1) is 17.8 Å². The second-order valence-corrected chi connectivity index (χ2v) is 8.06. The predicted molar refractivity (Wildman–Crippen MR) is 84.7 cm³/mol. The first-order chi connectivity index (χ1) is 9.54. The van der Waals surface area contributed by atoms with E-state index in [1.54, 1.807) is 0 Å². The van der Waals surface area contributed by atoms with Gasteiger partial charge in [0.05, 0.1) is 0 Å². The summed E-state index contributed by atoms with van der Waals surface area (Å²) in [6, 6.07) is 0.652. The lowest BCUT2D eigenvalue weighted by Crippen LogP contribution is -2.55. The summed E-state index contributed by atoms with van der Waals surface area (Å²) in [5, 5.41) is 0. The first-order valence-electron chi connectivity index (χ1n) is 8.69. The zero-order chi connectivity index (χ0) is 14.3. The van der Waals surface area contributed by atoms with Gasteiger partial charge in [0.1, 0.15) is 0 Å². The zero-order valence-corrected chi connectivity index (χ0v) is 13.6. The number of nitrogens with zero attached hydrogens (tertiary/aromatic N) is 2. The van der Waals surface area contributed by atoms with E-state index in [4.69, 9.17) is 5.73 Å². The van der Waals surface area contributed by atoms with E-state index in [2.05, 4.69) is 30.7 Å². The van der Waals surface area contributed by atoms with E-state index >= 15 is 0 Å². The van der Waals surface area contributed by atoms with Gasteiger partial charge < -0.3 is 5.73 Å². The molecule has 116 valence electrons. The first kappa shape index (κ1) is 14.8. The van der Waals surface area contributed by atoms with Gasteiger partial charge in [-0.2, -0.15) is 0 Å². The highest BCUT2D eigenvalue weighted by atomic mass is 15.3. The van der Waals surface area contributed by atoms with Crippen LogP contribution in [0.5, 0.6) is 0 Å². The fourth-order valence-corrected chi connectivity index (χ4v) is 5.11. The van der Waals surface area contributed by atoms with Gasteiger partial charge in [0.15, 0.2) is 0 Å². The average Bonchev–Trinajstić information content (AvgIpc) is 3.13. The van der Waals surface area contributed by atoms with Crippen molar-refractivity contribution in [1.29, 1.82) is 0 Å². The molecule has 4 unspecified atom stereocenters. The maximum Gasteiger partial charge on any atom is 0.0467 e. The summed E-state index contributed by atoms with van der Waals surface area (Å²) in [7, 11) is 2.34. The molecule has 2 bridgehead atoms. The van der Waals surface area contributed by atoms with Crippen LogP contribution < -0.4 is 5.73 Å². The molecule has 2 N–H and O–H groups in total. The molecule has 2 aliphatic carbocycles. The van der Waals surface area contributed by atoms with Crippen molar-refractivity contribution in [2.24, 2.45) is 23.5 Å². The second kappa shape index (κ2) is 5.58. The Morgan fingerprint density at radius 3 is 2.60 bits per heavy atom. The molecule has 3 rings (SSSR count). The third-order valence-electron chi connectivity index (χ3n) is 6.67. The maximum atomic E-state index is 6.21. The van der Waals surface area contributed by atoms with Crippen molar-refractivity contribution in [3.63, 3.8) is 0 Å². The monoisotopic (exact) mass is 279 g/mol. The van der Waals surface area contributed by atoms with E-state index in [1.807, 2.05) is 0 Å². The van der Waals surface area contributed by atoms with Crippen LogP contribution in [-0.2, 0) is 0 Å². The number of hydrogen-bond acceptors (Lipinski definition) is 3. The molecule has 3 aliphatic rings. The van der Waals surface area contributed by atoms with E-state index in [0.717, 1.165) is 24.3 Å². The van der Waals surface area contributed by atoms with Crippen molar-refractivity contribution in [3.05, 3.63) is 0 Å². The highest BCUT2D eigenvalue weighted by Crippen LogP contribution is 2.48. The third-order valence-corrected chi connectivity index (χ3v) is 6.67. The molecular formula is C17H33N3. The lowest BCUT2D eigenvalue weighted by Gasteiger charge is -2.41. The van der Waals surface area contributed by atoms with Crippen LogP contribution in [0.25, 0.3) is 0 Å². The first-order valence-corrected chi connectivity index (χ1v) is 8.69. The number of rotatable bonds is 5. The van der Waals surface area contributed by atoms with E-state index < -0.39 is 0 Å². The van der Waals surface area contributed by atoms with Gasteiger partial charge >= 0.3 is 0 Å². The van der Waals surface area contributed by atoms with Crippen LogP contribution in [0.4, 0.5) is 0 Å². The normalized spacial score (nSPS) is 41.4. The van der Waals surface area contributed by atoms with Gasteiger partial charge in [0.2, 0.25) is 0 Å². The molecule has 0 aromatic heterocycles. The van der Waals surface area contributed by atoms with Crippen molar-refractivity contribution in [2.75, 3.05) is 33.2 Å². The Kier molecular flexibility index (Phi) is 4.13. The van der Waals surface area contributed by atoms with Gasteiger partial charge in [-0.25, -0.2) is 0 Å². The zero-order valence-electron chi connectivity index (χ0n) is 13.6. The van der Waals surface area contributed by atoms with Crippen molar-refractivity contribution >= 4 is 0 Å². The topological polar surface area (TPSA) is 32.5 Å². The summed E-state index contributed by atoms with van der Waals surface area (Å²) in [4.78, 5) is 5.24. The summed E-state index contributed by atoms with van der Waals surface area (Å²) in [6.07, 6.45) is 7.26. The number of fused-ring (bicyclic) bond motifs is 2. The number of likely N-dealkylation sites (N-methyl/N-ethyl adjacent to an activating group) is 1. The molecule has 3 fully saturated rings. The Labute approximate surface area is 124 Å². The Bertz CT molecular complexity index is 343. The molecule has 1 aliphatic heterocycles. The predicted octanol–water partition coefficient (Wildman–Crippen LogP) is 2.17. The molecule has 1 saturated heterocycles. The molecule has 2 saturated carbocycles. The molecule has 3 heteroatoms. The molecule has 20 heavy (non-hydrogen) atoms. The lowest BCUT2D eigenvalue weighted by atomic mass is 9.86. The van der Waals surface area contributed by atoms with Gasteiger partial charge in [0.25, 0.3) is 0 Å². The lowest BCUT2D eigenvalue weighted by molar-refractivity contribution is 0.0912. The fraction of sp³-hybridized carbons (Fsp3) is 1.00. The van der Waals surface area contributed by atoms with E-state index in [-0.39, 0.29) is 5.54 Å². The average molecular weight is 279 g/mol. The summed E-state index contributed by atoms with van der Waals surface area (Å²) in [5.41, 5.74) is 6.46. The van der Waals surface area contributed by atoms with Crippen molar-refractivity contribution in [1.82, 2.24) is 9.80 Å². The van der Waals surface area contributed by atoms with Crippen molar-refractivity contribution in [2.45, 2.75) is 57.5 Å². The van der Waals surface area contributed by atoms with Crippen LogP contribution in [0.1, 0.15) is 46.0 Å². The number of nitrogens with two attached hydrogens (primary N) is 1. The van der Waals surface area contributed by atoms with Gasteiger partial charge in [-0.05, 0) is 64.3 Å². The maximum absolute atomic E-state index is 6.21. The molecule has 4 atom stereocenters. The minimum Gasteiger partial charge on any atom is -0.329 e. The standard InChI is InChI=1S/C17H33N3/c1-13(2)20-7-6-17(11-18,12-20)19(3)10-16-9-14-4-5-15(16)8-14/h13-16H,4-12,18H2,1-3H3. The minimum atomic E-state index is 0.242.